The Kier molecular flexibility index (Phi) is 3.74. The van der Waals surface area contributed by atoms with E-state index in [9.17, 15) is 8.42 Å². The van der Waals surface area contributed by atoms with Gasteiger partial charge in [0.2, 0.25) is 5.28 Å². The molecule has 0 aliphatic carbocycles. The van der Waals surface area contributed by atoms with Gasteiger partial charge in [-0.1, -0.05) is 0 Å². The summed E-state index contributed by atoms with van der Waals surface area (Å²) in [5.41, 5.74) is 0. The molecule has 0 aliphatic heterocycles. The van der Waals surface area contributed by atoms with E-state index in [0.717, 1.165) is 15.1 Å². The Balaban J connectivity index is 2.26. The summed E-state index contributed by atoms with van der Waals surface area (Å²) in [5.74, 6) is 0.636. The van der Waals surface area contributed by atoms with Gasteiger partial charge in [0, 0.05) is 17.7 Å². The Morgan fingerprint density at radius 2 is 2.17 bits per heavy atom. The smallest absolute Gasteiger partial charge is 0.225 e. The second-order valence-corrected chi connectivity index (χ2v) is 7.81. The van der Waals surface area contributed by atoms with E-state index in [2.05, 4.69) is 15.3 Å². The zero-order chi connectivity index (χ0) is 13.3. The van der Waals surface area contributed by atoms with Gasteiger partial charge in [0.25, 0.3) is 0 Å². The van der Waals surface area contributed by atoms with Crippen molar-refractivity contribution in [2.75, 3.05) is 23.9 Å². The van der Waals surface area contributed by atoms with Crippen molar-refractivity contribution in [3.8, 4) is 0 Å². The first-order chi connectivity index (χ1) is 8.35. The molecular weight excluding hydrogens is 294 g/mol. The van der Waals surface area contributed by atoms with Crippen molar-refractivity contribution in [3.63, 3.8) is 0 Å². The van der Waals surface area contributed by atoms with E-state index in [-0.39, 0.29) is 11.0 Å². The van der Waals surface area contributed by atoms with Crippen molar-refractivity contribution in [1.29, 1.82) is 0 Å². The molecule has 2 rings (SSSR count). The van der Waals surface area contributed by atoms with Crippen LogP contribution in [0.15, 0.2) is 6.07 Å². The van der Waals surface area contributed by atoms with Gasteiger partial charge in [-0.05, 0) is 24.6 Å². The van der Waals surface area contributed by atoms with Gasteiger partial charge in [0.15, 0.2) is 0 Å². The van der Waals surface area contributed by atoms with E-state index in [0.29, 0.717) is 12.4 Å². The molecular formula is C10H12ClN3O2S2. The molecule has 0 unspecified atom stereocenters. The molecule has 5 nitrogen and oxygen atoms in total. The fourth-order valence-corrected chi connectivity index (χ4v) is 3.08. The minimum atomic E-state index is -2.99. The summed E-state index contributed by atoms with van der Waals surface area (Å²) in [6.45, 7) is 2.27. The molecule has 1 N–H and O–H groups in total. The van der Waals surface area contributed by atoms with Crippen LogP contribution in [0.2, 0.25) is 5.28 Å². The Labute approximate surface area is 114 Å². The van der Waals surface area contributed by atoms with Crippen LogP contribution < -0.4 is 5.32 Å². The fourth-order valence-electron chi connectivity index (χ4n) is 1.51. The minimum absolute atomic E-state index is 0.0548. The highest BCUT2D eigenvalue weighted by Gasteiger charge is 2.10. The molecule has 0 aliphatic rings. The van der Waals surface area contributed by atoms with Crippen LogP contribution in [-0.2, 0) is 9.84 Å². The van der Waals surface area contributed by atoms with Crippen molar-refractivity contribution in [1.82, 2.24) is 9.97 Å². The highest BCUT2D eigenvalue weighted by Crippen LogP contribution is 2.29. The van der Waals surface area contributed by atoms with Crippen LogP contribution >= 0.6 is 22.9 Å². The van der Waals surface area contributed by atoms with E-state index in [1.807, 2.05) is 13.0 Å². The summed E-state index contributed by atoms with van der Waals surface area (Å²) in [4.78, 5) is 10.1. The summed E-state index contributed by atoms with van der Waals surface area (Å²) in [6.07, 6.45) is 1.20. The van der Waals surface area contributed by atoms with E-state index >= 15 is 0 Å². The third-order valence-corrected chi connectivity index (χ3v) is 4.31. The molecule has 0 fully saturated rings. The SMILES string of the molecule is Cc1cc2c(NCCS(C)(=O)=O)nc(Cl)nc2s1. The van der Waals surface area contributed by atoms with Crippen molar-refractivity contribution >= 4 is 48.8 Å². The van der Waals surface area contributed by atoms with Gasteiger partial charge in [-0.3, -0.25) is 0 Å². The van der Waals surface area contributed by atoms with Gasteiger partial charge in [-0.2, -0.15) is 0 Å². The number of hydrogen-bond donors (Lipinski definition) is 1. The number of rotatable bonds is 4. The third-order valence-electron chi connectivity index (χ3n) is 2.25. The standard InChI is InChI=1S/C10H12ClN3O2S2/c1-6-5-7-8(12-3-4-18(2,15)16)13-10(11)14-9(7)17-6/h5H,3-4H2,1-2H3,(H,12,13,14). The normalized spacial score (nSPS) is 11.9. The summed E-state index contributed by atoms with van der Waals surface area (Å²) in [5, 5.41) is 4.02. The molecule has 2 aromatic rings. The Morgan fingerprint density at radius 1 is 1.44 bits per heavy atom. The van der Waals surface area contributed by atoms with Crippen molar-refractivity contribution < 1.29 is 8.42 Å². The van der Waals surface area contributed by atoms with Gasteiger partial charge in [-0.15, -0.1) is 11.3 Å². The topological polar surface area (TPSA) is 72.0 Å². The number of nitrogens with one attached hydrogen (secondary N) is 1. The zero-order valence-electron chi connectivity index (χ0n) is 9.90. The Bertz CT molecular complexity index is 682. The van der Waals surface area contributed by atoms with E-state index in [4.69, 9.17) is 11.6 Å². The summed E-state index contributed by atoms with van der Waals surface area (Å²) < 4.78 is 22.1. The number of hydrogen-bond acceptors (Lipinski definition) is 6. The lowest BCUT2D eigenvalue weighted by Crippen LogP contribution is -2.15. The maximum Gasteiger partial charge on any atom is 0.225 e. The molecule has 0 bridgehead atoms. The van der Waals surface area contributed by atoms with Gasteiger partial charge < -0.3 is 5.32 Å². The maximum absolute atomic E-state index is 11.1. The second-order valence-electron chi connectivity index (χ2n) is 3.97. The fraction of sp³-hybridized carbons (Fsp3) is 0.400. The molecule has 8 heteroatoms. The van der Waals surface area contributed by atoms with Crippen LogP contribution in [0.4, 0.5) is 5.82 Å². The van der Waals surface area contributed by atoms with Crippen LogP contribution in [0.25, 0.3) is 10.2 Å². The quantitative estimate of drug-likeness (QED) is 0.876. The van der Waals surface area contributed by atoms with Crippen LogP contribution in [0.1, 0.15) is 4.88 Å². The average Bonchev–Trinajstić information content (AvgIpc) is 2.56. The molecule has 18 heavy (non-hydrogen) atoms. The first-order valence-electron chi connectivity index (χ1n) is 5.20. The number of aromatic nitrogens is 2. The number of fused-ring (bicyclic) bond motifs is 1. The van der Waals surface area contributed by atoms with Crippen LogP contribution in [0, 0.1) is 6.92 Å². The lowest BCUT2D eigenvalue weighted by molar-refractivity contribution is 0.602. The number of anilines is 1. The number of halogens is 1. The molecule has 0 aromatic carbocycles. The number of aryl methyl sites for hydroxylation is 1. The largest absolute Gasteiger partial charge is 0.368 e. The molecule has 2 aromatic heterocycles. The van der Waals surface area contributed by atoms with Crippen LogP contribution in [0.5, 0.6) is 0 Å². The van der Waals surface area contributed by atoms with Crippen LogP contribution in [0.3, 0.4) is 0 Å². The molecule has 0 radical (unpaired) electrons. The summed E-state index contributed by atoms with van der Waals surface area (Å²) in [7, 11) is -2.99. The first kappa shape index (κ1) is 13.5. The van der Waals surface area contributed by atoms with Gasteiger partial charge in [0.1, 0.15) is 20.5 Å². The van der Waals surface area contributed by atoms with Crippen molar-refractivity contribution in [2.24, 2.45) is 0 Å². The molecule has 0 saturated carbocycles. The molecule has 98 valence electrons. The average molecular weight is 306 g/mol. The maximum atomic E-state index is 11.1. The van der Waals surface area contributed by atoms with E-state index in [1.54, 1.807) is 0 Å². The second kappa shape index (κ2) is 4.99. The molecule has 0 saturated heterocycles. The molecule has 0 amide bonds. The predicted octanol–water partition coefficient (Wildman–Crippen LogP) is 2.11. The lowest BCUT2D eigenvalue weighted by Gasteiger charge is -2.05. The number of thiophene rings is 1. The molecule has 0 spiro atoms. The third kappa shape index (κ3) is 3.30. The summed E-state index contributed by atoms with van der Waals surface area (Å²) in [6, 6.07) is 1.96. The van der Waals surface area contributed by atoms with Gasteiger partial charge in [-0.25, -0.2) is 18.4 Å². The number of nitrogens with zero attached hydrogens (tertiary/aromatic N) is 2. The monoisotopic (exact) mass is 305 g/mol. The molecule has 0 atom stereocenters. The van der Waals surface area contributed by atoms with E-state index < -0.39 is 9.84 Å². The summed E-state index contributed by atoms with van der Waals surface area (Å²) >= 11 is 7.35. The van der Waals surface area contributed by atoms with Gasteiger partial charge in [0.05, 0.1) is 11.1 Å². The molecule has 2 heterocycles. The highest BCUT2D eigenvalue weighted by molar-refractivity contribution is 7.90. The number of sulfone groups is 1. The minimum Gasteiger partial charge on any atom is -0.368 e. The Morgan fingerprint density at radius 3 is 2.83 bits per heavy atom. The van der Waals surface area contributed by atoms with Gasteiger partial charge >= 0.3 is 0 Å². The highest BCUT2D eigenvalue weighted by atomic mass is 35.5. The Hall–Kier alpha value is -0.920. The van der Waals surface area contributed by atoms with Crippen LogP contribution in [-0.4, -0.2) is 36.9 Å². The van der Waals surface area contributed by atoms with Crippen molar-refractivity contribution in [3.05, 3.63) is 16.2 Å². The van der Waals surface area contributed by atoms with E-state index in [1.165, 1.54) is 17.6 Å². The predicted molar refractivity (Wildman–Crippen MR) is 75.4 cm³/mol. The first-order valence-corrected chi connectivity index (χ1v) is 8.46. The van der Waals surface area contributed by atoms with Crippen molar-refractivity contribution in [2.45, 2.75) is 6.92 Å². The zero-order valence-corrected chi connectivity index (χ0v) is 12.3. The lowest BCUT2D eigenvalue weighted by atomic mass is 10.3.